The van der Waals surface area contributed by atoms with Gasteiger partial charge in [0.1, 0.15) is 23.7 Å². The molecule has 6 nitrogen and oxygen atoms in total. The monoisotopic (exact) mass is 338 g/mol. The Kier molecular flexibility index (Phi) is 4.76. The van der Waals surface area contributed by atoms with Crippen molar-refractivity contribution in [1.29, 1.82) is 0 Å². The van der Waals surface area contributed by atoms with Gasteiger partial charge >= 0.3 is 0 Å². The van der Waals surface area contributed by atoms with Crippen molar-refractivity contribution in [2.75, 3.05) is 5.75 Å². The van der Waals surface area contributed by atoms with Crippen LogP contribution in [0.2, 0.25) is 0 Å². The molecule has 0 aliphatic carbocycles. The lowest BCUT2D eigenvalue weighted by molar-refractivity contribution is -0.0785. The van der Waals surface area contributed by atoms with Gasteiger partial charge in [-0.25, -0.2) is 4.98 Å². The molecule has 8 heteroatoms. The van der Waals surface area contributed by atoms with E-state index in [1.165, 1.54) is 30.1 Å². The number of ether oxygens (including phenoxy) is 1. The fraction of sp³-hybridized carbons (Fsp3) is 0.333. The summed E-state index contributed by atoms with van der Waals surface area (Å²) in [4.78, 5) is 7.80. The SMILES string of the molecule is O[C@@H]1[C@@H](O)[C@H](Oc2cccnc2-c2ccc(F)nc2)SC[C@H]1O. The molecule has 0 amide bonds. The third kappa shape index (κ3) is 3.45. The zero-order valence-corrected chi connectivity index (χ0v) is 12.7. The van der Waals surface area contributed by atoms with Crippen LogP contribution in [0.5, 0.6) is 5.75 Å². The lowest BCUT2D eigenvalue weighted by Crippen LogP contribution is -2.50. The Bertz CT molecular complexity index is 673. The zero-order chi connectivity index (χ0) is 16.4. The number of rotatable bonds is 3. The van der Waals surface area contributed by atoms with Crippen LogP contribution in [0.25, 0.3) is 11.3 Å². The number of thioether (sulfide) groups is 1. The van der Waals surface area contributed by atoms with Crippen molar-refractivity contribution < 1.29 is 24.4 Å². The van der Waals surface area contributed by atoms with E-state index in [-0.39, 0.29) is 5.75 Å². The molecule has 0 bridgehead atoms. The Labute approximate surface area is 136 Å². The Morgan fingerprint density at radius 2 is 1.96 bits per heavy atom. The van der Waals surface area contributed by atoms with E-state index in [4.69, 9.17) is 4.74 Å². The molecule has 4 atom stereocenters. The quantitative estimate of drug-likeness (QED) is 0.713. The summed E-state index contributed by atoms with van der Waals surface area (Å²) in [7, 11) is 0. The highest BCUT2D eigenvalue weighted by atomic mass is 32.2. The van der Waals surface area contributed by atoms with E-state index >= 15 is 0 Å². The topological polar surface area (TPSA) is 95.7 Å². The minimum absolute atomic E-state index is 0.247. The number of halogens is 1. The minimum Gasteiger partial charge on any atom is -0.475 e. The maximum atomic E-state index is 13.0. The van der Waals surface area contributed by atoms with Gasteiger partial charge in [-0.1, -0.05) is 0 Å². The number of pyridine rings is 2. The van der Waals surface area contributed by atoms with E-state index in [9.17, 15) is 19.7 Å². The molecule has 0 spiro atoms. The van der Waals surface area contributed by atoms with E-state index in [0.717, 1.165) is 0 Å². The van der Waals surface area contributed by atoms with Crippen LogP contribution in [-0.4, -0.2) is 54.8 Å². The summed E-state index contributed by atoms with van der Waals surface area (Å²) < 4.78 is 18.7. The first kappa shape index (κ1) is 16.1. The van der Waals surface area contributed by atoms with Crippen LogP contribution in [-0.2, 0) is 0 Å². The molecule has 122 valence electrons. The summed E-state index contributed by atoms with van der Waals surface area (Å²) in [5, 5.41) is 29.3. The van der Waals surface area contributed by atoms with Crippen molar-refractivity contribution in [3.8, 4) is 17.0 Å². The Morgan fingerprint density at radius 1 is 1.13 bits per heavy atom. The van der Waals surface area contributed by atoms with Crippen molar-refractivity contribution in [3.63, 3.8) is 0 Å². The highest BCUT2D eigenvalue weighted by Crippen LogP contribution is 2.33. The highest BCUT2D eigenvalue weighted by Gasteiger charge is 2.38. The first-order chi connectivity index (χ1) is 11.1. The molecule has 0 radical (unpaired) electrons. The van der Waals surface area contributed by atoms with Crippen LogP contribution >= 0.6 is 11.8 Å². The highest BCUT2D eigenvalue weighted by molar-refractivity contribution is 7.99. The molecule has 2 aromatic rings. The molecule has 23 heavy (non-hydrogen) atoms. The normalized spacial score (nSPS) is 27.7. The van der Waals surface area contributed by atoms with E-state index in [1.54, 1.807) is 18.3 Å². The first-order valence-corrected chi connectivity index (χ1v) is 8.00. The van der Waals surface area contributed by atoms with Gasteiger partial charge in [-0.3, -0.25) is 4.98 Å². The van der Waals surface area contributed by atoms with Gasteiger partial charge in [0, 0.05) is 23.7 Å². The van der Waals surface area contributed by atoms with Crippen molar-refractivity contribution in [2.24, 2.45) is 0 Å². The average molecular weight is 338 g/mol. The second-order valence-corrected chi connectivity index (χ2v) is 6.22. The predicted octanol–water partition coefficient (Wildman–Crippen LogP) is 0.817. The number of aromatic nitrogens is 2. The van der Waals surface area contributed by atoms with Crippen LogP contribution in [0.3, 0.4) is 0 Å². The number of nitrogens with zero attached hydrogens (tertiary/aromatic N) is 2. The molecule has 0 unspecified atom stereocenters. The molecular formula is C15H15FN2O4S. The molecule has 1 fully saturated rings. The molecule has 1 aliphatic heterocycles. The van der Waals surface area contributed by atoms with Crippen molar-refractivity contribution in [1.82, 2.24) is 9.97 Å². The van der Waals surface area contributed by atoms with Crippen LogP contribution in [0, 0.1) is 5.95 Å². The van der Waals surface area contributed by atoms with Gasteiger partial charge in [0.2, 0.25) is 5.95 Å². The lowest BCUT2D eigenvalue weighted by Gasteiger charge is -2.34. The van der Waals surface area contributed by atoms with Crippen molar-refractivity contribution in [2.45, 2.75) is 23.7 Å². The first-order valence-electron chi connectivity index (χ1n) is 6.95. The summed E-state index contributed by atoms with van der Waals surface area (Å²) >= 11 is 1.20. The second-order valence-electron chi connectivity index (χ2n) is 5.09. The molecule has 0 aromatic carbocycles. The average Bonchev–Trinajstić information content (AvgIpc) is 2.57. The van der Waals surface area contributed by atoms with Gasteiger partial charge in [-0.05, 0) is 24.3 Å². The Hall–Kier alpha value is -1.74. The summed E-state index contributed by atoms with van der Waals surface area (Å²) in [5.74, 6) is 0.0277. The fourth-order valence-electron chi connectivity index (χ4n) is 2.23. The molecule has 0 saturated carbocycles. The van der Waals surface area contributed by atoms with Crippen LogP contribution in [0.4, 0.5) is 4.39 Å². The Morgan fingerprint density at radius 3 is 2.70 bits per heavy atom. The third-order valence-corrected chi connectivity index (χ3v) is 4.71. The maximum absolute atomic E-state index is 13.0. The largest absolute Gasteiger partial charge is 0.475 e. The van der Waals surface area contributed by atoms with Crippen molar-refractivity contribution >= 4 is 11.8 Å². The number of aliphatic hydroxyl groups excluding tert-OH is 3. The number of hydrogen-bond acceptors (Lipinski definition) is 7. The molecule has 1 aliphatic rings. The van der Waals surface area contributed by atoms with Gasteiger partial charge in [-0.15, -0.1) is 11.8 Å². The van der Waals surface area contributed by atoms with E-state index < -0.39 is 29.7 Å². The summed E-state index contributed by atoms with van der Waals surface area (Å²) in [6, 6.07) is 6.08. The van der Waals surface area contributed by atoms with Crippen molar-refractivity contribution in [3.05, 3.63) is 42.6 Å². The molecule has 3 heterocycles. The smallest absolute Gasteiger partial charge is 0.212 e. The summed E-state index contributed by atoms with van der Waals surface area (Å²) in [6.07, 6.45) is -0.594. The summed E-state index contributed by atoms with van der Waals surface area (Å²) in [5.41, 5.74) is 0.274. The molecule has 2 aromatic heterocycles. The fourth-order valence-corrected chi connectivity index (χ4v) is 3.34. The zero-order valence-electron chi connectivity index (χ0n) is 11.9. The third-order valence-electron chi connectivity index (χ3n) is 3.47. The summed E-state index contributed by atoms with van der Waals surface area (Å²) in [6.45, 7) is 0. The number of aliphatic hydroxyl groups is 3. The van der Waals surface area contributed by atoms with Gasteiger partial charge in [0.05, 0.1) is 6.10 Å². The molecular weight excluding hydrogens is 323 g/mol. The van der Waals surface area contributed by atoms with Crippen LogP contribution in [0.15, 0.2) is 36.7 Å². The molecule has 3 rings (SSSR count). The molecule has 1 saturated heterocycles. The standard InChI is InChI=1S/C15H15FN2O4S/c16-11-4-3-8(6-18-11)12-10(2-1-5-17-12)22-15-14(21)13(20)9(19)7-23-15/h1-6,9,13-15,19-21H,7H2/t9-,13+,14-,15-/m1/s1. The Balaban J connectivity index is 1.85. The van der Waals surface area contributed by atoms with Gasteiger partial charge < -0.3 is 20.1 Å². The molecule has 3 N–H and O–H groups in total. The van der Waals surface area contributed by atoms with E-state index in [2.05, 4.69) is 9.97 Å². The maximum Gasteiger partial charge on any atom is 0.212 e. The van der Waals surface area contributed by atoms with E-state index in [1.807, 2.05) is 0 Å². The van der Waals surface area contributed by atoms with Crippen LogP contribution in [0.1, 0.15) is 0 Å². The lowest BCUT2D eigenvalue weighted by atomic mass is 10.1. The van der Waals surface area contributed by atoms with Gasteiger partial charge in [0.15, 0.2) is 5.44 Å². The minimum atomic E-state index is -1.27. The van der Waals surface area contributed by atoms with Crippen LogP contribution < -0.4 is 4.74 Å². The van der Waals surface area contributed by atoms with Gasteiger partial charge in [0.25, 0.3) is 0 Å². The number of hydrogen-bond donors (Lipinski definition) is 3. The van der Waals surface area contributed by atoms with E-state index in [0.29, 0.717) is 17.0 Å². The predicted molar refractivity (Wildman–Crippen MR) is 82.3 cm³/mol. The van der Waals surface area contributed by atoms with Gasteiger partial charge in [-0.2, -0.15) is 4.39 Å². The second kappa shape index (κ2) is 6.79.